The molecule has 0 radical (unpaired) electrons. The quantitative estimate of drug-likeness (QED) is 0.303. The van der Waals surface area contributed by atoms with Gasteiger partial charge < -0.3 is 4.98 Å². The Hall–Kier alpha value is -3.48. The number of fused-ring (bicyclic) bond motifs is 1. The maximum atomic E-state index is 13.4. The second kappa shape index (κ2) is 9.17. The van der Waals surface area contributed by atoms with Crippen molar-refractivity contribution in [2.24, 2.45) is 0 Å². The summed E-state index contributed by atoms with van der Waals surface area (Å²) in [5.74, 6) is -3.96. The predicted molar refractivity (Wildman–Crippen MR) is 111 cm³/mol. The van der Waals surface area contributed by atoms with E-state index in [0.29, 0.717) is 19.4 Å². The molecule has 0 aliphatic rings. The number of nitrogens with zero attached hydrogens (tertiary/aromatic N) is 7. The Morgan fingerprint density at radius 3 is 2.48 bits per heavy atom. The largest absolute Gasteiger partial charge is 0.332 e. The number of aromatic amines is 1. The highest BCUT2D eigenvalue weighted by atomic mass is 35.5. The van der Waals surface area contributed by atoms with Crippen LogP contribution in [0.1, 0.15) is 31.2 Å². The maximum Gasteiger partial charge on any atom is 0.332 e. The minimum Gasteiger partial charge on any atom is -0.323 e. The van der Waals surface area contributed by atoms with Crippen molar-refractivity contribution >= 4 is 22.8 Å². The monoisotopic (exact) mass is 482 g/mol. The highest BCUT2D eigenvalue weighted by Gasteiger charge is 2.17. The first-order valence-electron chi connectivity index (χ1n) is 10.1. The van der Waals surface area contributed by atoms with Gasteiger partial charge in [-0.1, -0.05) is 6.92 Å². The summed E-state index contributed by atoms with van der Waals surface area (Å²) >= 11 is 5.88. The molecule has 10 nitrogen and oxygen atoms in total. The third-order valence-corrected chi connectivity index (χ3v) is 5.10. The standard InChI is InChI=1S/C19H18ClF3N8O2/c1-2-4-29-16-15(24-18(20)25-16)17(32)30(19(29)33)5-3-6-31-27-13(26-28-31)9-10-7-11(21)14(23)12(22)8-10/h7-8H,2-6,9H2,1H3,(H,24,25). The van der Waals surface area contributed by atoms with Gasteiger partial charge in [-0.25, -0.2) is 18.0 Å². The highest BCUT2D eigenvalue weighted by Crippen LogP contribution is 2.15. The fraction of sp³-hybridized carbons (Fsp3) is 0.368. The second-order valence-corrected chi connectivity index (χ2v) is 7.68. The first kappa shape index (κ1) is 22.7. The van der Waals surface area contributed by atoms with Crippen LogP contribution in [-0.4, -0.2) is 39.3 Å². The third kappa shape index (κ3) is 4.53. The predicted octanol–water partition coefficient (Wildman–Crippen LogP) is 2.03. The first-order valence-corrected chi connectivity index (χ1v) is 10.4. The van der Waals surface area contributed by atoms with Crippen molar-refractivity contribution in [1.82, 2.24) is 39.3 Å². The fourth-order valence-electron chi connectivity index (χ4n) is 3.47. The lowest BCUT2D eigenvalue weighted by Gasteiger charge is -2.10. The van der Waals surface area contributed by atoms with E-state index < -0.39 is 28.7 Å². The average molecular weight is 483 g/mol. The zero-order valence-electron chi connectivity index (χ0n) is 17.4. The van der Waals surface area contributed by atoms with Crippen LogP contribution in [0.5, 0.6) is 0 Å². The first-order chi connectivity index (χ1) is 15.8. The molecule has 0 amide bonds. The van der Waals surface area contributed by atoms with Crippen LogP contribution in [0, 0.1) is 17.5 Å². The summed E-state index contributed by atoms with van der Waals surface area (Å²) in [5, 5.41) is 11.8. The minimum atomic E-state index is -1.54. The fourth-order valence-corrected chi connectivity index (χ4v) is 3.64. The second-order valence-electron chi connectivity index (χ2n) is 7.32. The molecule has 4 rings (SSSR count). The summed E-state index contributed by atoms with van der Waals surface area (Å²) in [4.78, 5) is 33.5. The lowest BCUT2D eigenvalue weighted by molar-refractivity contribution is 0.445. The summed E-state index contributed by atoms with van der Waals surface area (Å²) < 4.78 is 42.3. The Morgan fingerprint density at radius 1 is 1.06 bits per heavy atom. The minimum absolute atomic E-state index is 0.0179. The van der Waals surface area contributed by atoms with E-state index in [4.69, 9.17) is 11.6 Å². The van der Waals surface area contributed by atoms with Crippen LogP contribution in [0.25, 0.3) is 11.2 Å². The number of benzene rings is 1. The Balaban J connectivity index is 1.48. The number of aryl methyl sites for hydroxylation is 2. The zero-order valence-corrected chi connectivity index (χ0v) is 18.1. The number of hydrogen-bond acceptors (Lipinski definition) is 6. The van der Waals surface area contributed by atoms with Crippen LogP contribution in [0.4, 0.5) is 13.2 Å². The van der Waals surface area contributed by atoms with Gasteiger partial charge in [-0.05, 0) is 47.4 Å². The van der Waals surface area contributed by atoms with E-state index in [9.17, 15) is 22.8 Å². The van der Waals surface area contributed by atoms with Crippen molar-refractivity contribution in [3.63, 3.8) is 0 Å². The Labute approximate surface area is 188 Å². The topological polar surface area (TPSA) is 116 Å². The van der Waals surface area contributed by atoms with Gasteiger partial charge in [0.1, 0.15) is 0 Å². The summed E-state index contributed by atoms with van der Waals surface area (Å²) in [6.45, 7) is 2.57. The third-order valence-electron chi connectivity index (χ3n) is 4.92. The molecular formula is C19H18ClF3N8O2. The van der Waals surface area contributed by atoms with E-state index >= 15 is 0 Å². The molecular weight excluding hydrogens is 465 g/mol. The van der Waals surface area contributed by atoms with Crippen molar-refractivity contribution in [3.8, 4) is 0 Å². The van der Waals surface area contributed by atoms with Crippen LogP contribution in [0.15, 0.2) is 21.7 Å². The maximum absolute atomic E-state index is 13.4. The van der Waals surface area contributed by atoms with Crippen molar-refractivity contribution in [2.45, 2.75) is 45.8 Å². The Bertz CT molecular complexity index is 1420. The molecule has 0 fully saturated rings. The van der Waals surface area contributed by atoms with Gasteiger partial charge in [-0.2, -0.15) is 9.78 Å². The van der Waals surface area contributed by atoms with E-state index in [1.165, 1.54) is 9.36 Å². The number of hydrogen-bond donors (Lipinski definition) is 1. The summed E-state index contributed by atoms with van der Waals surface area (Å²) in [6, 6.07) is 1.73. The molecule has 0 bridgehead atoms. The van der Waals surface area contributed by atoms with E-state index in [0.717, 1.165) is 16.7 Å². The summed E-state index contributed by atoms with van der Waals surface area (Å²) in [5.41, 5.74) is -0.516. The molecule has 0 saturated heterocycles. The molecule has 1 N–H and O–H groups in total. The van der Waals surface area contributed by atoms with Crippen molar-refractivity contribution in [3.05, 3.63) is 67.1 Å². The van der Waals surface area contributed by atoms with Crippen molar-refractivity contribution < 1.29 is 13.2 Å². The SMILES string of the molecule is CCCn1c(=O)n(CCCn2nnc(Cc3cc(F)c(F)c(F)c3)n2)c(=O)c2[nH]c(Cl)nc21. The summed E-state index contributed by atoms with van der Waals surface area (Å²) in [6.07, 6.45) is 0.933. The average Bonchev–Trinajstić information content (AvgIpc) is 3.38. The molecule has 14 heteroatoms. The van der Waals surface area contributed by atoms with Crippen LogP contribution in [-0.2, 0) is 26.1 Å². The van der Waals surface area contributed by atoms with Gasteiger partial charge in [0.05, 0.1) is 6.54 Å². The van der Waals surface area contributed by atoms with E-state index in [1.54, 1.807) is 0 Å². The molecule has 33 heavy (non-hydrogen) atoms. The molecule has 3 aromatic heterocycles. The number of imidazole rings is 1. The molecule has 0 aliphatic heterocycles. The molecule has 1 aromatic carbocycles. The van der Waals surface area contributed by atoms with Gasteiger partial charge in [0, 0.05) is 19.5 Å². The van der Waals surface area contributed by atoms with Gasteiger partial charge in [-0.15, -0.1) is 10.2 Å². The highest BCUT2D eigenvalue weighted by molar-refractivity contribution is 6.28. The molecule has 0 atom stereocenters. The van der Waals surface area contributed by atoms with Crippen LogP contribution < -0.4 is 11.2 Å². The van der Waals surface area contributed by atoms with Gasteiger partial charge in [0.2, 0.25) is 5.28 Å². The Kier molecular flexibility index (Phi) is 6.31. The number of rotatable bonds is 8. The van der Waals surface area contributed by atoms with E-state index in [2.05, 4.69) is 25.4 Å². The van der Waals surface area contributed by atoms with E-state index in [-0.39, 0.29) is 47.3 Å². The van der Waals surface area contributed by atoms with Crippen LogP contribution in [0.3, 0.4) is 0 Å². The molecule has 0 unspecified atom stereocenters. The van der Waals surface area contributed by atoms with Crippen molar-refractivity contribution in [2.75, 3.05) is 0 Å². The normalized spacial score (nSPS) is 11.5. The molecule has 0 saturated carbocycles. The molecule has 0 spiro atoms. The lowest BCUT2D eigenvalue weighted by Crippen LogP contribution is -2.40. The van der Waals surface area contributed by atoms with Crippen LogP contribution >= 0.6 is 11.6 Å². The van der Waals surface area contributed by atoms with Crippen LogP contribution in [0.2, 0.25) is 5.28 Å². The summed E-state index contributed by atoms with van der Waals surface area (Å²) in [7, 11) is 0. The van der Waals surface area contributed by atoms with Crippen molar-refractivity contribution in [1.29, 1.82) is 0 Å². The smallest absolute Gasteiger partial charge is 0.323 e. The molecule has 4 aromatic rings. The molecule has 3 heterocycles. The van der Waals surface area contributed by atoms with Gasteiger partial charge in [0.15, 0.2) is 34.4 Å². The number of halogens is 4. The van der Waals surface area contributed by atoms with Gasteiger partial charge in [-0.3, -0.25) is 13.9 Å². The number of nitrogens with one attached hydrogen (secondary N) is 1. The van der Waals surface area contributed by atoms with E-state index in [1.807, 2.05) is 6.92 Å². The molecule has 174 valence electrons. The number of tetrazole rings is 1. The lowest BCUT2D eigenvalue weighted by atomic mass is 10.1. The van der Waals surface area contributed by atoms with Gasteiger partial charge in [0.25, 0.3) is 5.56 Å². The molecule has 0 aliphatic carbocycles. The number of aromatic nitrogens is 8. The Morgan fingerprint density at radius 2 is 1.79 bits per heavy atom. The van der Waals surface area contributed by atoms with Gasteiger partial charge >= 0.3 is 5.69 Å². The zero-order chi connectivity index (χ0) is 23.7. The number of H-pyrrole nitrogens is 1.